The molecule has 1 heterocycles. The SMILES string of the molecule is O=[P+](O)OCCCNCc1ccc(OCCCCCc2ccc(Cl)cc2)c(-c2ccco2)c1. The molecule has 0 saturated carbocycles. The normalized spacial score (nSPS) is 11.5. The highest BCUT2D eigenvalue weighted by atomic mass is 35.5. The van der Waals surface area contributed by atoms with Crippen molar-refractivity contribution < 1.29 is 23.1 Å². The molecule has 33 heavy (non-hydrogen) atoms. The van der Waals surface area contributed by atoms with Crippen molar-refractivity contribution in [3.8, 4) is 17.1 Å². The van der Waals surface area contributed by atoms with Crippen LogP contribution in [-0.2, 0) is 22.1 Å². The topological polar surface area (TPSA) is 80.9 Å². The van der Waals surface area contributed by atoms with Crippen LogP contribution in [0.2, 0.25) is 5.02 Å². The van der Waals surface area contributed by atoms with Crippen LogP contribution in [0, 0.1) is 0 Å². The molecule has 0 aliphatic rings. The van der Waals surface area contributed by atoms with Crippen molar-refractivity contribution in [1.82, 2.24) is 5.32 Å². The Balaban J connectivity index is 1.45. The van der Waals surface area contributed by atoms with Crippen molar-refractivity contribution >= 4 is 19.9 Å². The summed E-state index contributed by atoms with van der Waals surface area (Å²) in [5.74, 6) is 1.58. The molecule has 3 aromatic rings. The molecule has 8 heteroatoms. The first-order chi connectivity index (χ1) is 16.1. The number of ether oxygens (including phenoxy) is 1. The minimum atomic E-state index is -2.52. The lowest BCUT2D eigenvalue weighted by molar-refractivity contribution is 0.276. The molecule has 6 nitrogen and oxygen atoms in total. The van der Waals surface area contributed by atoms with Crippen molar-refractivity contribution in [2.24, 2.45) is 0 Å². The van der Waals surface area contributed by atoms with Gasteiger partial charge in [0.1, 0.15) is 18.1 Å². The first-order valence-electron chi connectivity index (χ1n) is 11.2. The Morgan fingerprint density at radius 2 is 1.79 bits per heavy atom. The van der Waals surface area contributed by atoms with Crippen molar-refractivity contribution in [3.05, 3.63) is 77.0 Å². The molecule has 1 unspecified atom stereocenters. The third-order valence-electron chi connectivity index (χ3n) is 5.14. The van der Waals surface area contributed by atoms with E-state index in [2.05, 4.69) is 28.0 Å². The predicted molar refractivity (Wildman–Crippen MR) is 131 cm³/mol. The number of hydrogen-bond acceptors (Lipinski definition) is 5. The number of halogens is 1. The summed E-state index contributed by atoms with van der Waals surface area (Å²) in [5.41, 5.74) is 3.34. The molecule has 0 saturated heterocycles. The predicted octanol–water partition coefficient (Wildman–Crippen LogP) is 6.54. The molecule has 0 amide bonds. The molecular weight excluding hydrogens is 461 g/mol. The second-order valence-electron chi connectivity index (χ2n) is 7.69. The minimum absolute atomic E-state index is 0.253. The first-order valence-corrected chi connectivity index (χ1v) is 12.7. The van der Waals surface area contributed by atoms with Gasteiger partial charge in [-0.3, -0.25) is 0 Å². The lowest BCUT2D eigenvalue weighted by Crippen LogP contribution is -2.16. The van der Waals surface area contributed by atoms with Crippen LogP contribution in [0.5, 0.6) is 5.75 Å². The highest BCUT2D eigenvalue weighted by Gasteiger charge is 2.12. The van der Waals surface area contributed by atoms with Crippen LogP contribution in [0.1, 0.15) is 36.8 Å². The van der Waals surface area contributed by atoms with Crippen molar-refractivity contribution in [3.63, 3.8) is 0 Å². The number of aryl methyl sites for hydroxylation is 1. The Morgan fingerprint density at radius 1 is 0.970 bits per heavy atom. The molecule has 0 bridgehead atoms. The minimum Gasteiger partial charge on any atom is -0.493 e. The van der Waals surface area contributed by atoms with Gasteiger partial charge in [-0.2, -0.15) is 0 Å². The molecular formula is C25H30ClNO5P+. The van der Waals surface area contributed by atoms with E-state index in [9.17, 15) is 4.57 Å². The average molecular weight is 491 g/mol. The van der Waals surface area contributed by atoms with E-state index in [1.165, 1.54) is 5.56 Å². The summed E-state index contributed by atoms with van der Waals surface area (Å²) in [6, 6.07) is 17.9. The molecule has 0 aliphatic heterocycles. The van der Waals surface area contributed by atoms with E-state index < -0.39 is 8.25 Å². The van der Waals surface area contributed by atoms with E-state index >= 15 is 0 Å². The maximum absolute atomic E-state index is 10.5. The van der Waals surface area contributed by atoms with Gasteiger partial charge in [-0.15, -0.1) is 9.42 Å². The standard InChI is InChI=1S/C25H29ClNO5P/c26-22-11-8-20(9-12-22)6-2-1-3-15-30-25-13-10-21(18-23(25)24-7-4-16-31-24)19-27-14-5-17-32-33(28)29/h4,7-13,16,18,27H,1-3,5-6,14-15,17,19H2/p+1. The summed E-state index contributed by atoms with van der Waals surface area (Å²) in [6.07, 6.45) is 6.55. The fourth-order valence-corrected chi connectivity index (χ4v) is 3.86. The largest absolute Gasteiger partial charge is 0.694 e. The van der Waals surface area contributed by atoms with Gasteiger partial charge in [0.2, 0.25) is 0 Å². The maximum atomic E-state index is 10.5. The van der Waals surface area contributed by atoms with Gasteiger partial charge in [-0.25, -0.2) is 0 Å². The van der Waals surface area contributed by atoms with E-state index in [0.717, 1.165) is 53.3 Å². The Hall–Kier alpha value is -2.21. The molecule has 0 spiro atoms. The van der Waals surface area contributed by atoms with Crippen LogP contribution in [-0.4, -0.2) is 24.7 Å². The Labute approximate surface area is 200 Å². The number of rotatable bonds is 15. The van der Waals surface area contributed by atoms with E-state index in [4.69, 9.17) is 25.6 Å². The number of furan rings is 1. The zero-order valence-electron chi connectivity index (χ0n) is 18.5. The van der Waals surface area contributed by atoms with Gasteiger partial charge in [0.25, 0.3) is 0 Å². The number of nitrogens with one attached hydrogen (secondary N) is 1. The number of unbranched alkanes of at least 4 members (excludes halogenated alkanes) is 2. The molecule has 0 radical (unpaired) electrons. The highest BCUT2D eigenvalue weighted by Crippen LogP contribution is 2.32. The molecule has 0 fully saturated rings. The summed E-state index contributed by atoms with van der Waals surface area (Å²) in [5, 5.41) is 4.09. The third-order valence-corrected chi connectivity index (χ3v) is 5.80. The number of benzene rings is 2. The molecule has 3 rings (SSSR count). The highest BCUT2D eigenvalue weighted by molar-refractivity contribution is 7.32. The van der Waals surface area contributed by atoms with Crippen LogP contribution in [0.4, 0.5) is 0 Å². The van der Waals surface area contributed by atoms with E-state index in [1.54, 1.807) is 6.26 Å². The zero-order valence-corrected chi connectivity index (χ0v) is 20.2. The first kappa shape index (κ1) is 25.4. The van der Waals surface area contributed by atoms with Gasteiger partial charge in [0.05, 0.1) is 18.4 Å². The summed E-state index contributed by atoms with van der Waals surface area (Å²) in [4.78, 5) is 8.64. The quantitative estimate of drug-likeness (QED) is 0.186. The fourth-order valence-electron chi connectivity index (χ4n) is 3.45. The smallest absolute Gasteiger partial charge is 0.493 e. The lowest BCUT2D eigenvalue weighted by Gasteiger charge is -2.13. The molecule has 2 aromatic carbocycles. The summed E-state index contributed by atoms with van der Waals surface area (Å²) in [7, 11) is -2.52. The third kappa shape index (κ3) is 9.28. The van der Waals surface area contributed by atoms with Gasteiger partial charge in [0.15, 0.2) is 0 Å². The van der Waals surface area contributed by atoms with Gasteiger partial charge in [-0.05, 0) is 86.2 Å². The summed E-state index contributed by atoms with van der Waals surface area (Å²) in [6.45, 7) is 2.26. The monoisotopic (exact) mass is 490 g/mol. The average Bonchev–Trinajstić information content (AvgIpc) is 3.35. The lowest BCUT2D eigenvalue weighted by atomic mass is 10.1. The van der Waals surface area contributed by atoms with Gasteiger partial charge in [0, 0.05) is 16.1 Å². The Morgan fingerprint density at radius 3 is 2.55 bits per heavy atom. The molecule has 1 atom stereocenters. The fraction of sp³-hybridized carbons (Fsp3) is 0.360. The van der Waals surface area contributed by atoms with Crippen LogP contribution in [0.25, 0.3) is 11.3 Å². The molecule has 0 aliphatic carbocycles. The second-order valence-corrected chi connectivity index (χ2v) is 8.87. The second kappa shape index (κ2) is 14.1. The molecule has 176 valence electrons. The Bertz CT molecular complexity index is 979. The van der Waals surface area contributed by atoms with E-state index in [0.29, 0.717) is 26.1 Å². The van der Waals surface area contributed by atoms with Crippen molar-refractivity contribution in [1.29, 1.82) is 0 Å². The van der Waals surface area contributed by atoms with Crippen LogP contribution in [0.15, 0.2) is 65.3 Å². The van der Waals surface area contributed by atoms with Crippen LogP contribution >= 0.6 is 19.9 Å². The molecule has 1 aromatic heterocycles. The Kier molecular flexibility index (Phi) is 10.9. The van der Waals surface area contributed by atoms with Crippen LogP contribution in [0.3, 0.4) is 0 Å². The molecule has 2 N–H and O–H groups in total. The van der Waals surface area contributed by atoms with Gasteiger partial charge < -0.3 is 14.5 Å². The zero-order chi connectivity index (χ0) is 23.3. The van der Waals surface area contributed by atoms with Crippen LogP contribution < -0.4 is 10.1 Å². The van der Waals surface area contributed by atoms with Gasteiger partial charge in [-0.1, -0.05) is 29.8 Å². The van der Waals surface area contributed by atoms with Crippen molar-refractivity contribution in [2.75, 3.05) is 19.8 Å². The van der Waals surface area contributed by atoms with Crippen molar-refractivity contribution in [2.45, 2.75) is 38.6 Å². The number of hydrogen-bond donors (Lipinski definition) is 2. The van der Waals surface area contributed by atoms with E-state index in [-0.39, 0.29) is 6.61 Å². The summed E-state index contributed by atoms with van der Waals surface area (Å²) >= 11 is 5.94. The van der Waals surface area contributed by atoms with E-state index in [1.807, 2.05) is 36.4 Å². The summed E-state index contributed by atoms with van der Waals surface area (Å²) < 4.78 is 26.9. The maximum Gasteiger partial charge on any atom is 0.694 e. The van der Waals surface area contributed by atoms with Gasteiger partial charge >= 0.3 is 8.25 Å².